The van der Waals surface area contributed by atoms with Crippen LogP contribution in [0, 0.1) is 0 Å². The summed E-state index contributed by atoms with van der Waals surface area (Å²) in [5.41, 5.74) is 5.95. The number of rotatable bonds is 2. The highest BCUT2D eigenvalue weighted by Crippen LogP contribution is 2.23. The predicted octanol–water partition coefficient (Wildman–Crippen LogP) is 1.00. The molecule has 3 heterocycles. The van der Waals surface area contributed by atoms with Crippen LogP contribution in [0.3, 0.4) is 0 Å². The van der Waals surface area contributed by atoms with E-state index in [0.717, 1.165) is 44.2 Å². The summed E-state index contributed by atoms with van der Waals surface area (Å²) in [5.74, 6) is 2.10. The van der Waals surface area contributed by atoms with Gasteiger partial charge in [0.25, 0.3) is 0 Å². The molecule has 2 aliphatic rings. The predicted molar refractivity (Wildman–Crippen MR) is 72.9 cm³/mol. The number of aromatic nitrogens is 2. The summed E-state index contributed by atoms with van der Waals surface area (Å²) in [5, 5.41) is 0. The van der Waals surface area contributed by atoms with Gasteiger partial charge in [0.15, 0.2) is 0 Å². The third-order valence-corrected chi connectivity index (χ3v) is 3.87. The molecule has 98 valence electrons. The fourth-order valence-corrected chi connectivity index (χ4v) is 2.80. The molecule has 0 spiro atoms. The summed E-state index contributed by atoms with van der Waals surface area (Å²) in [6.07, 6.45) is 6.63. The Kier molecular flexibility index (Phi) is 3.32. The molecule has 1 unspecified atom stereocenters. The van der Waals surface area contributed by atoms with Gasteiger partial charge in [-0.25, -0.2) is 9.97 Å². The molecule has 1 aromatic rings. The smallest absolute Gasteiger partial charge is 0.134 e. The van der Waals surface area contributed by atoms with Crippen molar-refractivity contribution in [2.24, 2.45) is 5.73 Å². The molecular weight excluding hydrogens is 226 g/mol. The van der Waals surface area contributed by atoms with Crippen molar-refractivity contribution in [1.29, 1.82) is 0 Å². The first-order valence-electron chi connectivity index (χ1n) is 6.90. The number of anilines is 2. The van der Waals surface area contributed by atoms with Crippen molar-refractivity contribution in [2.75, 3.05) is 36.0 Å². The van der Waals surface area contributed by atoms with E-state index in [9.17, 15) is 0 Å². The molecule has 0 aliphatic carbocycles. The van der Waals surface area contributed by atoms with Crippen LogP contribution >= 0.6 is 0 Å². The number of nitrogens with two attached hydrogens (primary N) is 1. The van der Waals surface area contributed by atoms with E-state index in [-0.39, 0.29) is 0 Å². The Morgan fingerprint density at radius 3 is 2.39 bits per heavy atom. The highest BCUT2D eigenvalue weighted by atomic mass is 15.2. The number of hydrogen-bond donors (Lipinski definition) is 1. The van der Waals surface area contributed by atoms with Gasteiger partial charge in [-0.15, -0.1) is 0 Å². The Labute approximate surface area is 108 Å². The average Bonchev–Trinajstić information content (AvgIpc) is 2.87. The number of nitrogens with zero attached hydrogens (tertiary/aromatic N) is 4. The van der Waals surface area contributed by atoms with E-state index >= 15 is 0 Å². The number of piperidine rings is 1. The summed E-state index contributed by atoms with van der Waals surface area (Å²) in [6.45, 7) is 4.17. The first kappa shape index (κ1) is 11.7. The first-order valence-corrected chi connectivity index (χ1v) is 6.90. The van der Waals surface area contributed by atoms with Gasteiger partial charge in [-0.1, -0.05) is 0 Å². The van der Waals surface area contributed by atoms with Gasteiger partial charge in [0, 0.05) is 38.3 Å². The van der Waals surface area contributed by atoms with E-state index in [4.69, 9.17) is 5.73 Å². The molecule has 1 aromatic heterocycles. The molecule has 0 radical (unpaired) electrons. The van der Waals surface area contributed by atoms with E-state index in [1.807, 2.05) is 0 Å². The zero-order valence-corrected chi connectivity index (χ0v) is 10.8. The van der Waals surface area contributed by atoms with Crippen molar-refractivity contribution < 1.29 is 0 Å². The molecule has 2 aliphatic heterocycles. The fraction of sp³-hybridized carbons (Fsp3) is 0.692. The first-order chi connectivity index (χ1) is 8.83. The molecule has 5 nitrogen and oxygen atoms in total. The van der Waals surface area contributed by atoms with Gasteiger partial charge >= 0.3 is 0 Å². The Bertz CT molecular complexity index is 382. The molecule has 0 saturated carbocycles. The average molecular weight is 247 g/mol. The van der Waals surface area contributed by atoms with Crippen LogP contribution in [0.25, 0.3) is 0 Å². The van der Waals surface area contributed by atoms with Crippen LogP contribution in [0.2, 0.25) is 0 Å². The fourth-order valence-electron chi connectivity index (χ4n) is 2.80. The molecule has 0 bridgehead atoms. The number of hydrogen-bond acceptors (Lipinski definition) is 5. The second-order valence-electron chi connectivity index (χ2n) is 5.28. The van der Waals surface area contributed by atoms with E-state index in [1.165, 1.54) is 19.3 Å². The monoisotopic (exact) mass is 247 g/mol. The van der Waals surface area contributed by atoms with Crippen molar-refractivity contribution in [3.63, 3.8) is 0 Å². The van der Waals surface area contributed by atoms with Gasteiger partial charge in [0.1, 0.15) is 18.0 Å². The van der Waals surface area contributed by atoms with Crippen molar-refractivity contribution >= 4 is 11.6 Å². The summed E-state index contributed by atoms with van der Waals surface area (Å²) in [6, 6.07) is 2.40. The lowest BCUT2D eigenvalue weighted by Gasteiger charge is -2.28. The topological polar surface area (TPSA) is 58.3 Å². The standard InChI is InChI=1S/C13H21N5/c14-11-4-7-18(9-11)13-8-12(15-10-16-13)17-5-2-1-3-6-17/h8,10-11H,1-7,9,14H2. The van der Waals surface area contributed by atoms with Crippen LogP contribution in [0.15, 0.2) is 12.4 Å². The highest BCUT2D eigenvalue weighted by Gasteiger charge is 2.21. The zero-order valence-electron chi connectivity index (χ0n) is 10.8. The second kappa shape index (κ2) is 5.10. The molecule has 0 amide bonds. The van der Waals surface area contributed by atoms with Gasteiger partial charge in [-0.2, -0.15) is 0 Å². The van der Waals surface area contributed by atoms with Crippen LogP contribution in [0.1, 0.15) is 25.7 Å². The zero-order chi connectivity index (χ0) is 12.4. The van der Waals surface area contributed by atoms with Crippen molar-refractivity contribution in [1.82, 2.24) is 9.97 Å². The highest BCUT2D eigenvalue weighted by molar-refractivity contribution is 5.51. The van der Waals surface area contributed by atoms with Crippen LogP contribution in [-0.4, -0.2) is 42.2 Å². The molecule has 0 aromatic carbocycles. The maximum atomic E-state index is 5.95. The molecular formula is C13H21N5. The summed E-state index contributed by atoms with van der Waals surface area (Å²) in [4.78, 5) is 13.4. The van der Waals surface area contributed by atoms with E-state index in [2.05, 4.69) is 25.8 Å². The van der Waals surface area contributed by atoms with Crippen LogP contribution in [0.4, 0.5) is 11.6 Å². The SMILES string of the molecule is NC1CCN(c2cc(N3CCCCC3)ncn2)C1. The van der Waals surface area contributed by atoms with Crippen LogP contribution in [-0.2, 0) is 0 Å². The van der Waals surface area contributed by atoms with Gasteiger partial charge in [0.05, 0.1) is 0 Å². The minimum Gasteiger partial charge on any atom is -0.356 e. The van der Waals surface area contributed by atoms with Crippen molar-refractivity contribution in [3.8, 4) is 0 Å². The lowest BCUT2D eigenvalue weighted by atomic mass is 10.1. The molecule has 1 atom stereocenters. The third-order valence-electron chi connectivity index (χ3n) is 3.87. The second-order valence-corrected chi connectivity index (χ2v) is 5.28. The molecule has 18 heavy (non-hydrogen) atoms. The van der Waals surface area contributed by atoms with E-state index in [0.29, 0.717) is 6.04 Å². The van der Waals surface area contributed by atoms with Crippen molar-refractivity contribution in [2.45, 2.75) is 31.7 Å². The van der Waals surface area contributed by atoms with Gasteiger partial charge in [-0.05, 0) is 25.7 Å². The lowest BCUT2D eigenvalue weighted by molar-refractivity contribution is 0.573. The minimum absolute atomic E-state index is 0.290. The maximum absolute atomic E-state index is 5.95. The molecule has 2 N–H and O–H groups in total. The Morgan fingerprint density at radius 2 is 1.72 bits per heavy atom. The van der Waals surface area contributed by atoms with Crippen LogP contribution in [0.5, 0.6) is 0 Å². The minimum atomic E-state index is 0.290. The summed E-state index contributed by atoms with van der Waals surface area (Å²) >= 11 is 0. The van der Waals surface area contributed by atoms with Gasteiger partial charge < -0.3 is 15.5 Å². The normalized spacial score (nSPS) is 24.6. The lowest BCUT2D eigenvalue weighted by Crippen LogP contribution is -2.31. The quantitative estimate of drug-likeness (QED) is 0.845. The van der Waals surface area contributed by atoms with Crippen molar-refractivity contribution in [3.05, 3.63) is 12.4 Å². The Morgan fingerprint density at radius 1 is 1.00 bits per heavy atom. The van der Waals surface area contributed by atoms with Crippen LogP contribution < -0.4 is 15.5 Å². The molecule has 2 fully saturated rings. The Balaban J connectivity index is 1.76. The molecule has 2 saturated heterocycles. The largest absolute Gasteiger partial charge is 0.356 e. The molecule has 5 heteroatoms. The summed E-state index contributed by atoms with van der Waals surface area (Å²) in [7, 11) is 0. The third kappa shape index (κ3) is 2.41. The van der Waals surface area contributed by atoms with E-state index in [1.54, 1.807) is 6.33 Å². The molecule has 3 rings (SSSR count). The van der Waals surface area contributed by atoms with E-state index < -0.39 is 0 Å². The maximum Gasteiger partial charge on any atom is 0.134 e. The van der Waals surface area contributed by atoms with Gasteiger partial charge in [-0.3, -0.25) is 0 Å². The van der Waals surface area contributed by atoms with Gasteiger partial charge in [0.2, 0.25) is 0 Å². The Hall–Kier alpha value is -1.36. The summed E-state index contributed by atoms with van der Waals surface area (Å²) < 4.78 is 0.